The molecule has 2 bridgehead atoms. The number of hydrogen-bond acceptors (Lipinski definition) is 6. The molecule has 4 atom stereocenters. The highest BCUT2D eigenvalue weighted by molar-refractivity contribution is 5.82. The molecule has 2 saturated heterocycles. The third kappa shape index (κ3) is 1.47. The number of rotatable bonds is 1. The molecule has 1 amide bonds. The van der Waals surface area contributed by atoms with Crippen molar-refractivity contribution >= 4 is 17.9 Å². The number of fused-ring (bicyclic) bond motifs is 6. The van der Waals surface area contributed by atoms with Gasteiger partial charge in [0.2, 0.25) is 11.7 Å². The van der Waals surface area contributed by atoms with E-state index in [1.807, 2.05) is 0 Å². The van der Waals surface area contributed by atoms with Crippen molar-refractivity contribution < 1.29 is 24.6 Å². The molecule has 7 heteroatoms. The molecule has 2 N–H and O–H groups in total. The zero-order valence-corrected chi connectivity index (χ0v) is 11.9. The number of hydroxylamine groups is 1. The van der Waals surface area contributed by atoms with Crippen LogP contribution in [0.1, 0.15) is 28.8 Å². The van der Waals surface area contributed by atoms with Crippen LogP contribution in [0.25, 0.3) is 0 Å². The second-order valence-electron chi connectivity index (χ2n) is 5.99. The normalized spacial score (nSPS) is 34.8. The summed E-state index contributed by atoms with van der Waals surface area (Å²) in [6.07, 6.45) is 0.630. The standard InChI is InChI=1S/C15H15N2O5/c1-7-13-10(3-9(6-18)4-12(13)20)16-5-11-14(15(7,21)22-16)17(11)8(2)19/h3-4,6-7,11,14,20-21H,1,5H2,2H3. The number of aldehydes is 1. The number of phenolic OH excluding ortho intramolecular Hbond substituents is 1. The van der Waals surface area contributed by atoms with Crippen LogP contribution in [0.2, 0.25) is 0 Å². The Bertz CT molecular complexity index is 705. The fourth-order valence-electron chi connectivity index (χ4n) is 3.71. The first-order chi connectivity index (χ1) is 10.4. The highest BCUT2D eigenvalue weighted by Crippen LogP contribution is 2.56. The molecule has 3 aliphatic rings. The van der Waals surface area contributed by atoms with Gasteiger partial charge >= 0.3 is 0 Å². The Balaban J connectivity index is 1.86. The molecule has 22 heavy (non-hydrogen) atoms. The van der Waals surface area contributed by atoms with Gasteiger partial charge in [0, 0.05) is 24.0 Å². The van der Waals surface area contributed by atoms with E-state index in [4.69, 9.17) is 4.84 Å². The Labute approximate surface area is 126 Å². The van der Waals surface area contributed by atoms with Crippen LogP contribution >= 0.6 is 0 Å². The summed E-state index contributed by atoms with van der Waals surface area (Å²) in [6.45, 7) is 5.74. The van der Waals surface area contributed by atoms with Gasteiger partial charge in [-0.15, -0.1) is 0 Å². The Morgan fingerprint density at radius 1 is 1.55 bits per heavy atom. The van der Waals surface area contributed by atoms with Gasteiger partial charge in [-0.25, -0.2) is 9.90 Å². The topological polar surface area (TPSA) is 90.1 Å². The van der Waals surface area contributed by atoms with Crippen LogP contribution in [0.3, 0.4) is 0 Å². The van der Waals surface area contributed by atoms with Crippen molar-refractivity contribution in [1.82, 2.24) is 4.90 Å². The average molecular weight is 303 g/mol. The monoisotopic (exact) mass is 303 g/mol. The van der Waals surface area contributed by atoms with E-state index in [1.54, 1.807) is 11.0 Å². The predicted octanol–water partition coefficient (Wildman–Crippen LogP) is 0.175. The van der Waals surface area contributed by atoms with Crippen LogP contribution in [0.15, 0.2) is 12.1 Å². The van der Waals surface area contributed by atoms with Crippen molar-refractivity contribution in [1.29, 1.82) is 0 Å². The van der Waals surface area contributed by atoms with E-state index in [0.29, 0.717) is 29.6 Å². The molecule has 115 valence electrons. The SMILES string of the molecule is [CH2]C1c2c(O)cc(C=O)cc2N2CC3C(N3C(C)=O)C1(O)O2. The number of nitrogens with zero attached hydrogens (tertiary/aromatic N) is 2. The smallest absolute Gasteiger partial charge is 0.221 e. The van der Waals surface area contributed by atoms with Crippen LogP contribution in [0, 0.1) is 6.92 Å². The molecule has 3 aliphatic heterocycles. The molecule has 1 radical (unpaired) electrons. The van der Waals surface area contributed by atoms with Crippen LogP contribution in [0.4, 0.5) is 5.69 Å². The Kier molecular flexibility index (Phi) is 2.46. The van der Waals surface area contributed by atoms with Crippen LogP contribution in [-0.4, -0.2) is 51.7 Å². The highest BCUT2D eigenvalue weighted by Gasteiger charge is 2.70. The lowest BCUT2D eigenvalue weighted by Gasteiger charge is -2.46. The van der Waals surface area contributed by atoms with Gasteiger partial charge in [-0.2, -0.15) is 0 Å². The van der Waals surface area contributed by atoms with E-state index in [9.17, 15) is 19.8 Å². The minimum Gasteiger partial charge on any atom is -0.508 e. The molecular weight excluding hydrogens is 288 g/mol. The summed E-state index contributed by atoms with van der Waals surface area (Å²) >= 11 is 0. The zero-order chi connectivity index (χ0) is 15.8. The maximum absolute atomic E-state index is 11.7. The Hall–Kier alpha value is -2.12. The van der Waals surface area contributed by atoms with Crippen molar-refractivity contribution in [2.24, 2.45) is 0 Å². The highest BCUT2D eigenvalue weighted by atomic mass is 16.8. The molecule has 0 aromatic heterocycles. The minimum atomic E-state index is -1.68. The second kappa shape index (κ2) is 3.99. The van der Waals surface area contributed by atoms with Gasteiger partial charge in [-0.3, -0.25) is 9.59 Å². The third-order valence-electron chi connectivity index (χ3n) is 4.74. The molecule has 7 nitrogen and oxygen atoms in total. The molecule has 2 fully saturated rings. The van der Waals surface area contributed by atoms with Gasteiger partial charge in [0.05, 0.1) is 18.3 Å². The summed E-state index contributed by atoms with van der Waals surface area (Å²) in [6, 6.07) is 2.29. The summed E-state index contributed by atoms with van der Waals surface area (Å²) in [5, 5.41) is 22.5. The number of carbonyl (C=O) groups excluding carboxylic acids is 2. The lowest BCUT2D eigenvalue weighted by molar-refractivity contribution is -0.239. The average Bonchev–Trinajstić information content (AvgIpc) is 3.20. The van der Waals surface area contributed by atoms with Crippen molar-refractivity contribution in [2.75, 3.05) is 11.6 Å². The lowest BCUT2D eigenvalue weighted by atomic mass is 9.83. The zero-order valence-electron chi connectivity index (χ0n) is 11.9. The van der Waals surface area contributed by atoms with E-state index in [1.165, 1.54) is 18.1 Å². The molecule has 0 aliphatic carbocycles. The lowest BCUT2D eigenvalue weighted by Crippen LogP contribution is -2.58. The van der Waals surface area contributed by atoms with Crippen molar-refractivity contribution in [2.45, 2.75) is 30.7 Å². The molecule has 0 spiro atoms. The van der Waals surface area contributed by atoms with E-state index >= 15 is 0 Å². The van der Waals surface area contributed by atoms with E-state index in [0.717, 1.165) is 0 Å². The quantitative estimate of drug-likeness (QED) is 0.568. The summed E-state index contributed by atoms with van der Waals surface area (Å²) in [7, 11) is 0. The molecule has 4 unspecified atom stereocenters. The molecule has 3 heterocycles. The summed E-state index contributed by atoms with van der Waals surface area (Å²) < 4.78 is 0. The van der Waals surface area contributed by atoms with E-state index in [2.05, 4.69) is 6.92 Å². The van der Waals surface area contributed by atoms with Gasteiger partial charge in [0.25, 0.3) is 0 Å². The largest absolute Gasteiger partial charge is 0.508 e. The summed E-state index contributed by atoms with van der Waals surface area (Å²) in [5.41, 5.74) is 1.23. The second-order valence-corrected chi connectivity index (χ2v) is 5.99. The first kappa shape index (κ1) is 13.5. The first-order valence-electron chi connectivity index (χ1n) is 7.01. The number of aliphatic hydroxyl groups is 1. The number of amides is 1. The summed E-state index contributed by atoms with van der Waals surface area (Å²) in [4.78, 5) is 29.9. The van der Waals surface area contributed by atoms with Crippen molar-refractivity contribution in [3.63, 3.8) is 0 Å². The Morgan fingerprint density at radius 3 is 2.91 bits per heavy atom. The molecule has 1 aromatic carbocycles. The number of aromatic hydroxyl groups is 1. The molecule has 4 rings (SSSR count). The summed E-state index contributed by atoms with van der Waals surface area (Å²) in [5.74, 6) is -2.71. The maximum Gasteiger partial charge on any atom is 0.221 e. The number of phenols is 1. The Morgan fingerprint density at radius 2 is 2.27 bits per heavy atom. The number of hydrogen-bond donors (Lipinski definition) is 2. The van der Waals surface area contributed by atoms with E-state index < -0.39 is 17.7 Å². The van der Waals surface area contributed by atoms with E-state index in [-0.39, 0.29) is 17.7 Å². The fourth-order valence-corrected chi connectivity index (χ4v) is 3.71. The van der Waals surface area contributed by atoms with Gasteiger partial charge in [-0.05, 0) is 19.1 Å². The number of anilines is 1. The third-order valence-corrected chi connectivity index (χ3v) is 4.74. The van der Waals surface area contributed by atoms with Gasteiger partial charge in [0.15, 0.2) is 0 Å². The number of carbonyl (C=O) groups is 2. The van der Waals surface area contributed by atoms with Gasteiger partial charge in [0.1, 0.15) is 18.1 Å². The predicted molar refractivity (Wildman–Crippen MR) is 75.1 cm³/mol. The number of benzene rings is 1. The van der Waals surface area contributed by atoms with Crippen LogP contribution in [0.5, 0.6) is 5.75 Å². The molecule has 0 saturated carbocycles. The maximum atomic E-state index is 11.7. The minimum absolute atomic E-state index is 0.111. The van der Waals surface area contributed by atoms with Crippen LogP contribution < -0.4 is 5.06 Å². The molecule has 1 aromatic rings. The fraction of sp³-hybridized carbons (Fsp3) is 0.400. The van der Waals surface area contributed by atoms with Crippen molar-refractivity contribution in [3.05, 3.63) is 30.2 Å². The molecular formula is C15H15N2O5. The first-order valence-corrected chi connectivity index (χ1v) is 7.01. The van der Waals surface area contributed by atoms with Crippen molar-refractivity contribution in [3.8, 4) is 5.75 Å². The van der Waals surface area contributed by atoms with Gasteiger partial charge in [-0.1, -0.05) is 0 Å². The van der Waals surface area contributed by atoms with Crippen LogP contribution in [-0.2, 0) is 9.63 Å². The van der Waals surface area contributed by atoms with Gasteiger partial charge < -0.3 is 15.1 Å².